The van der Waals surface area contributed by atoms with Crippen LogP contribution in [0.4, 0.5) is 14.4 Å². The van der Waals surface area contributed by atoms with Crippen LogP contribution in [-0.4, -0.2) is 135 Å². The topological polar surface area (TPSA) is 244 Å². The Morgan fingerprint density at radius 1 is 0.689 bits per heavy atom. The second-order valence-electron chi connectivity index (χ2n) is 14.0. The monoisotopic (exact) mass is 653 g/mol. The molecule has 1 aliphatic heterocycles. The predicted molar refractivity (Wildman–Crippen MR) is 155 cm³/mol. The molecule has 0 spiro atoms. The molecule has 3 amide bonds. The Labute approximate surface area is 262 Å². The molecule has 6 unspecified atom stereocenters. The fourth-order valence-electron chi connectivity index (χ4n) is 4.73. The number of hydrogen-bond acceptors (Lipinski definition) is 14. The number of carbonyl (C=O) groups is 3. The SMILES string of the molecule is CC(C)(C)OC(=O)NCC1O[C@H](O[C@@H]2C(NC(=O)OC(C)(C)C)C[C@@H](NC(=O)OC(C)(C)C)C(OCO)C2O)C(O)C(O)[C@@H]1O. The van der Waals surface area contributed by atoms with Crippen LogP contribution < -0.4 is 16.0 Å². The lowest BCUT2D eigenvalue weighted by molar-refractivity contribution is -0.321. The Morgan fingerprint density at radius 3 is 1.62 bits per heavy atom. The molecular weight excluding hydrogens is 602 g/mol. The van der Waals surface area contributed by atoms with Gasteiger partial charge in [-0.1, -0.05) is 0 Å². The maximum absolute atomic E-state index is 12.8. The van der Waals surface area contributed by atoms with Crippen molar-refractivity contribution in [3.8, 4) is 0 Å². The van der Waals surface area contributed by atoms with Gasteiger partial charge in [-0.3, -0.25) is 0 Å². The minimum Gasteiger partial charge on any atom is -0.444 e. The highest BCUT2D eigenvalue weighted by atomic mass is 16.7. The Kier molecular flexibility index (Phi) is 13.2. The van der Waals surface area contributed by atoms with Gasteiger partial charge in [0.05, 0.1) is 12.1 Å². The third kappa shape index (κ3) is 12.3. The lowest BCUT2D eigenvalue weighted by Gasteiger charge is -2.47. The highest BCUT2D eigenvalue weighted by Crippen LogP contribution is 2.31. The number of amides is 3. The molecule has 1 saturated heterocycles. The van der Waals surface area contributed by atoms with E-state index in [0.29, 0.717) is 0 Å². The summed E-state index contributed by atoms with van der Waals surface area (Å²) >= 11 is 0. The molecular formula is C28H51N3O14. The number of carbonyl (C=O) groups excluding carboxylic acids is 3. The molecule has 1 heterocycles. The van der Waals surface area contributed by atoms with Gasteiger partial charge < -0.3 is 69.9 Å². The smallest absolute Gasteiger partial charge is 0.407 e. The average molecular weight is 654 g/mol. The van der Waals surface area contributed by atoms with Crippen LogP contribution >= 0.6 is 0 Å². The summed E-state index contributed by atoms with van der Waals surface area (Å²) in [6, 6.07) is -2.16. The van der Waals surface area contributed by atoms with Crippen molar-refractivity contribution in [2.45, 2.75) is 147 Å². The molecule has 0 bridgehead atoms. The van der Waals surface area contributed by atoms with E-state index in [0.717, 1.165) is 0 Å². The van der Waals surface area contributed by atoms with E-state index in [-0.39, 0.29) is 13.0 Å². The minimum atomic E-state index is -1.85. The third-order valence-corrected chi connectivity index (χ3v) is 6.45. The molecule has 0 aromatic rings. The first-order valence-electron chi connectivity index (χ1n) is 14.7. The maximum atomic E-state index is 12.8. The number of hydrogen-bond donors (Lipinski definition) is 8. The van der Waals surface area contributed by atoms with E-state index < -0.39 is 103 Å². The Hall–Kier alpha value is -2.51. The lowest BCUT2D eigenvalue weighted by atomic mass is 9.83. The summed E-state index contributed by atoms with van der Waals surface area (Å²) in [5, 5.41) is 60.4. The highest BCUT2D eigenvalue weighted by molar-refractivity contribution is 5.69. The Bertz CT molecular complexity index is 994. The molecule has 10 atom stereocenters. The molecule has 8 N–H and O–H groups in total. The van der Waals surface area contributed by atoms with Crippen LogP contribution in [0.15, 0.2) is 0 Å². The minimum absolute atomic E-state index is 0.150. The fourth-order valence-corrected chi connectivity index (χ4v) is 4.73. The zero-order chi connectivity index (χ0) is 34.5. The summed E-state index contributed by atoms with van der Waals surface area (Å²) in [7, 11) is 0. The maximum Gasteiger partial charge on any atom is 0.407 e. The largest absolute Gasteiger partial charge is 0.444 e. The van der Waals surface area contributed by atoms with Crippen molar-refractivity contribution in [3.63, 3.8) is 0 Å². The van der Waals surface area contributed by atoms with Gasteiger partial charge in [0.15, 0.2) is 6.29 Å². The number of rotatable bonds is 8. The molecule has 2 rings (SSSR count). The highest BCUT2D eigenvalue weighted by Gasteiger charge is 2.52. The average Bonchev–Trinajstić information content (AvgIpc) is 2.84. The van der Waals surface area contributed by atoms with E-state index in [2.05, 4.69) is 16.0 Å². The molecule has 1 aliphatic carbocycles. The van der Waals surface area contributed by atoms with Gasteiger partial charge in [-0.2, -0.15) is 0 Å². The molecule has 1 saturated carbocycles. The van der Waals surface area contributed by atoms with Crippen LogP contribution in [0, 0.1) is 0 Å². The molecule has 17 nitrogen and oxygen atoms in total. The van der Waals surface area contributed by atoms with Crippen molar-refractivity contribution in [1.29, 1.82) is 0 Å². The molecule has 0 aromatic carbocycles. The van der Waals surface area contributed by atoms with Crippen molar-refractivity contribution in [2.24, 2.45) is 0 Å². The molecule has 17 heteroatoms. The fraction of sp³-hybridized carbons (Fsp3) is 0.893. The van der Waals surface area contributed by atoms with Gasteiger partial charge in [0.2, 0.25) is 0 Å². The van der Waals surface area contributed by atoms with Gasteiger partial charge in [0.25, 0.3) is 0 Å². The van der Waals surface area contributed by atoms with Crippen LogP contribution in [0.5, 0.6) is 0 Å². The van der Waals surface area contributed by atoms with E-state index in [1.165, 1.54) is 0 Å². The van der Waals surface area contributed by atoms with Crippen LogP contribution in [-0.2, 0) is 28.4 Å². The Morgan fingerprint density at radius 2 is 1.16 bits per heavy atom. The third-order valence-electron chi connectivity index (χ3n) is 6.45. The van der Waals surface area contributed by atoms with Crippen molar-refractivity contribution in [2.75, 3.05) is 13.3 Å². The van der Waals surface area contributed by atoms with E-state index in [1.807, 2.05) is 0 Å². The zero-order valence-corrected chi connectivity index (χ0v) is 27.3. The number of alkyl carbamates (subject to hydrolysis) is 3. The van der Waals surface area contributed by atoms with Crippen molar-refractivity contribution >= 4 is 18.3 Å². The van der Waals surface area contributed by atoms with Crippen LogP contribution in [0.25, 0.3) is 0 Å². The first kappa shape index (κ1) is 38.7. The van der Waals surface area contributed by atoms with E-state index in [4.69, 9.17) is 28.4 Å². The van der Waals surface area contributed by atoms with Crippen LogP contribution in [0.3, 0.4) is 0 Å². The van der Waals surface area contributed by atoms with Gasteiger partial charge in [0, 0.05) is 6.54 Å². The molecule has 0 radical (unpaired) electrons. The normalized spacial score (nSPS) is 32.7. The van der Waals surface area contributed by atoms with Gasteiger partial charge in [0.1, 0.15) is 66.3 Å². The summed E-state index contributed by atoms with van der Waals surface area (Å²) < 4.78 is 32.8. The first-order valence-corrected chi connectivity index (χ1v) is 14.7. The van der Waals surface area contributed by atoms with Crippen molar-refractivity contribution in [3.05, 3.63) is 0 Å². The molecule has 45 heavy (non-hydrogen) atoms. The number of ether oxygens (including phenoxy) is 6. The predicted octanol–water partition coefficient (Wildman–Crippen LogP) is -0.410. The second-order valence-corrected chi connectivity index (χ2v) is 14.0. The molecule has 262 valence electrons. The number of aliphatic hydroxyl groups excluding tert-OH is 5. The summed E-state index contributed by atoms with van der Waals surface area (Å²) in [6.45, 7) is 13.6. The van der Waals surface area contributed by atoms with Gasteiger partial charge in [-0.25, -0.2) is 14.4 Å². The van der Waals surface area contributed by atoms with E-state index in [1.54, 1.807) is 62.3 Å². The van der Waals surface area contributed by atoms with Gasteiger partial charge >= 0.3 is 18.3 Å². The summed E-state index contributed by atoms with van der Waals surface area (Å²) in [5.41, 5.74) is -2.57. The summed E-state index contributed by atoms with van der Waals surface area (Å²) in [6.07, 6.45) is -15.5. The quantitative estimate of drug-likeness (QED) is 0.123. The summed E-state index contributed by atoms with van der Waals surface area (Å²) in [5.74, 6) is 0. The van der Waals surface area contributed by atoms with Crippen molar-refractivity contribution < 1.29 is 68.3 Å². The first-order chi connectivity index (χ1) is 20.5. The number of nitrogens with one attached hydrogen (secondary N) is 3. The summed E-state index contributed by atoms with van der Waals surface area (Å²) in [4.78, 5) is 37.6. The van der Waals surface area contributed by atoms with Gasteiger partial charge in [-0.15, -0.1) is 0 Å². The Balaban J connectivity index is 2.33. The molecule has 2 aliphatic rings. The molecule has 0 aromatic heterocycles. The second kappa shape index (κ2) is 15.4. The lowest BCUT2D eigenvalue weighted by Crippen LogP contribution is -2.68. The van der Waals surface area contributed by atoms with E-state index in [9.17, 15) is 39.9 Å². The van der Waals surface area contributed by atoms with Crippen LogP contribution in [0.2, 0.25) is 0 Å². The number of aliphatic hydroxyl groups is 5. The zero-order valence-electron chi connectivity index (χ0n) is 27.3. The molecule has 2 fully saturated rings. The van der Waals surface area contributed by atoms with E-state index >= 15 is 0 Å². The van der Waals surface area contributed by atoms with Crippen molar-refractivity contribution in [1.82, 2.24) is 16.0 Å². The van der Waals surface area contributed by atoms with Gasteiger partial charge in [-0.05, 0) is 68.7 Å². The standard InChI is InChI=1S/C28H51N3O14/c1-26(2,3)43-23(37)29-11-15-16(33)17(34)18(35)22(41-15)42-21-14(31-25(39)45-28(7,8)9)10-13(20(19(21)36)40-12-32)30-24(38)44-27(4,5)6/h13-22,32-36H,10-12H2,1-9H3,(H,29,37)(H,30,38)(H,31,39)/t13-,14?,15?,16-,17?,18?,19?,20?,21-,22-/m1/s1. The van der Waals surface area contributed by atoms with Crippen LogP contribution in [0.1, 0.15) is 68.7 Å².